The second-order valence-electron chi connectivity index (χ2n) is 7.22. The van der Waals surface area contributed by atoms with Gasteiger partial charge < -0.3 is 37.4 Å². The Morgan fingerprint density at radius 2 is 1.31 bits per heavy atom. The molecule has 9 N–H and O–H groups in total. The third-order valence-electron chi connectivity index (χ3n) is 4.89. The van der Waals surface area contributed by atoms with Gasteiger partial charge in [-0.2, -0.15) is 0 Å². The first-order chi connectivity index (χ1) is 15.5. The van der Waals surface area contributed by atoms with E-state index in [4.69, 9.17) is 11.5 Å². The highest BCUT2D eigenvalue weighted by molar-refractivity contribution is 6.07. The Bertz CT molecular complexity index is 1320. The lowest BCUT2D eigenvalue weighted by molar-refractivity contribution is -0.114. The molecule has 0 unspecified atom stereocenters. The van der Waals surface area contributed by atoms with Crippen molar-refractivity contribution in [2.24, 2.45) is 11.5 Å². The summed E-state index contributed by atoms with van der Waals surface area (Å²) >= 11 is 0. The predicted molar refractivity (Wildman–Crippen MR) is 124 cm³/mol. The number of anilines is 2. The van der Waals surface area contributed by atoms with Crippen molar-refractivity contribution in [1.82, 2.24) is 15.3 Å². The van der Waals surface area contributed by atoms with E-state index in [0.717, 1.165) is 21.8 Å². The maximum atomic E-state index is 12.7. The van der Waals surface area contributed by atoms with Crippen LogP contribution in [0.25, 0.3) is 21.8 Å². The van der Waals surface area contributed by atoms with Crippen LogP contribution in [0.5, 0.6) is 0 Å². The molecule has 2 aromatic heterocycles. The van der Waals surface area contributed by atoms with E-state index in [1.54, 1.807) is 48.5 Å². The molecule has 4 aromatic rings. The Hall–Kier alpha value is -4.15. The predicted octanol–water partition coefficient (Wildman–Crippen LogP) is 1.49. The molecule has 0 spiro atoms. The van der Waals surface area contributed by atoms with E-state index in [1.807, 2.05) is 0 Å². The first kappa shape index (κ1) is 21.1. The van der Waals surface area contributed by atoms with Crippen molar-refractivity contribution in [3.05, 3.63) is 59.9 Å². The summed E-state index contributed by atoms with van der Waals surface area (Å²) < 4.78 is 0. The summed E-state index contributed by atoms with van der Waals surface area (Å²) in [6, 6.07) is 14.0. The SMILES string of the molecule is NCCNC(=O)c1cc2cc(NC(=O)c3cc4cc(NC(=O)CN)ccc4[nH]3)ccc2[nH]1. The zero-order valence-corrected chi connectivity index (χ0v) is 17.1. The van der Waals surface area contributed by atoms with Crippen molar-refractivity contribution in [3.63, 3.8) is 0 Å². The molecule has 0 fully saturated rings. The number of fused-ring (bicyclic) bond motifs is 2. The maximum Gasteiger partial charge on any atom is 0.272 e. The zero-order chi connectivity index (χ0) is 22.7. The normalized spacial score (nSPS) is 10.9. The number of carbonyl (C=O) groups is 3. The summed E-state index contributed by atoms with van der Waals surface area (Å²) in [5.74, 6) is -0.847. The highest BCUT2D eigenvalue weighted by Gasteiger charge is 2.13. The minimum atomic E-state index is -0.315. The molecule has 2 heterocycles. The lowest BCUT2D eigenvalue weighted by Crippen LogP contribution is -2.29. The summed E-state index contributed by atoms with van der Waals surface area (Å²) in [6.45, 7) is 0.643. The van der Waals surface area contributed by atoms with Gasteiger partial charge in [-0.3, -0.25) is 14.4 Å². The van der Waals surface area contributed by atoms with E-state index >= 15 is 0 Å². The van der Waals surface area contributed by atoms with Crippen LogP contribution < -0.4 is 27.4 Å². The molecule has 2 aromatic carbocycles. The molecular weight excluding hydrogens is 410 g/mol. The maximum absolute atomic E-state index is 12.7. The second kappa shape index (κ2) is 8.92. The van der Waals surface area contributed by atoms with Crippen LogP contribution in [0.4, 0.5) is 11.4 Å². The fraction of sp³-hybridized carbons (Fsp3) is 0.136. The molecule has 4 rings (SSSR count). The van der Waals surface area contributed by atoms with E-state index in [9.17, 15) is 14.4 Å². The van der Waals surface area contributed by atoms with Crippen molar-refractivity contribution in [2.75, 3.05) is 30.3 Å². The number of amides is 3. The molecule has 0 saturated heterocycles. The van der Waals surface area contributed by atoms with E-state index in [1.165, 1.54) is 0 Å². The summed E-state index contributed by atoms with van der Waals surface area (Å²) in [5.41, 5.74) is 14.3. The number of H-pyrrole nitrogens is 2. The van der Waals surface area contributed by atoms with Crippen LogP contribution >= 0.6 is 0 Å². The van der Waals surface area contributed by atoms with Crippen molar-refractivity contribution in [3.8, 4) is 0 Å². The summed E-state index contributed by atoms with van der Waals surface area (Å²) in [6.07, 6.45) is 0. The molecule has 10 nitrogen and oxygen atoms in total. The molecule has 0 aliphatic carbocycles. The fourth-order valence-electron chi connectivity index (χ4n) is 3.36. The smallest absolute Gasteiger partial charge is 0.272 e. The summed E-state index contributed by atoms with van der Waals surface area (Å²) in [4.78, 5) is 42.4. The number of benzene rings is 2. The van der Waals surface area contributed by atoms with E-state index < -0.39 is 0 Å². The highest BCUT2D eigenvalue weighted by atomic mass is 16.2. The molecular formula is C22H23N7O3. The molecule has 0 aliphatic rings. The van der Waals surface area contributed by atoms with Gasteiger partial charge in [0.25, 0.3) is 11.8 Å². The Morgan fingerprint density at radius 3 is 1.88 bits per heavy atom. The van der Waals surface area contributed by atoms with Crippen molar-refractivity contribution in [2.45, 2.75) is 0 Å². The lowest BCUT2D eigenvalue weighted by Gasteiger charge is -2.03. The molecule has 164 valence electrons. The van der Waals surface area contributed by atoms with Crippen molar-refractivity contribution >= 4 is 50.9 Å². The molecule has 0 radical (unpaired) electrons. The topological polar surface area (TPSA) is 171 Å². The second-order valence-corrected chi connectivity index (χ2v) is 7.22. The third kappa shape index (κ3) is 4.46. The Kier molecular flexibility index (Phi) is 5.88. The van der Waals surface area contributed by atoms with Crippen molar-refractivity contribution < 1.29 is 14.4 Å². The monoisotopic (exact) mass is 433 g/mol. The van der Waals surface area contributed by atoms with Gasteiger partial charge in [-0.15, -0.1) is 0 Å². The van der Waals surface area contributed by atoms with Gasteiger partial charge in [0.2, 0.25) is 5.91 Å². The molecule has 32 heavy (non-hydrogen) atoms. The number of aromatic amines is 2. The summed E-state index contributed by atoms with van der Waals surface area (Å²) in [5, 5.41) is 9.81. The average molecular weight is 433 g/mol. The van der Waals surface area contributed by atoms with Gasteiger partial charge in [0.15, 0.2) is 0 Å². The largest absolute Gasteiger partial charge is 0.351 e. The van der Waals surface area contributed by atoms with Gasteiger partial charge in [-0.25, -0.2) is 0 Å². The summed E-state index contributed by atoms with van der Waals surface area (Å²) in [7, 11) is 0. The zero-order valence-electron chi connectivity index (χ0n) is 17.1. The van der Waals surface area contributed by atoms with Gasteiger partial charge in [-0.05, 0) is 48.5 Å². The quantitative estimate of drug-likeness (QED) is 0.234. The molecule has 0 atom stereocenters. The fourth-order valence-corrected chi connectivity index (χ4v) is 3.36. The van der Waals surface area contributed by atoms with Crippen LogP contribution in [0.3, 0.4) is 0 Å². The Labute approximate surface area is 182 Å². The minimum absolute atomic E-state index is 0.107. The van der Waals surface area contributed by atoms with Gasteiger partial charge in [0, 0.05) is 46.3 Å². The Morgan fingerprint density at radius 1 is 0.750 bits per heavy atom. The first-order valence-electron chi connectivity index (χ1n) is 10.0. The van der Waals surface area contributed by atoms with Gasteiger partial charge in [-0.1, -0.05) is 0 Å². The molecule has 10 heteroatoms. The van der Waals surface area contributed by atoms with Crippen LogP contribution in [-0.2, 0) is 4.79 Å². The van der Waals surface area contributed by atoms with Crippen LogP contribution in [0.1, 0.15) is 21.0 Å². The number of carbonyl (C=O) groups excluding carboxylic acids is 3. The number of aromatic nitrogens is 2. The standard InChI is InChI=1S/C22H23N7O3/c23-5-6-25-21(31)18-9-13-8-15(2-4-16(13)28-18)27-22(32)19-10-12-7-14(26-20(30)11-24)1-3-17(12)29-19/h1-4,7-10,28-29H,5-6,11,23-24H2,(H,25,31)(H,26,30)(H,27,32). The third-order valence-corrected chi connectivity index (χ3v) is 4.89. The molecule has 0 aliphatic heterocycles. The van der Waals surface area contributed by atoms with E-state index in [2.05, 4.69) is 25.9 Å². The van der Waals surface area contributed by atoms with Gasteiger partial charge >= 0.3 is 0 Å². The number of nitrogens with one attached hydrogen (secondary N) is 5. The number of rotatable bonds is 7. The van der Waals surface area contributed by atoms with Gasteiger partial charge in [0.05, 0.1) is 6.54 Å². The number of hydrogen-bond acceptors (Lipinski definition) is 5. The Balaban J connectivity index is 1.50. The molecule has 3 amide bonds. The molecule has 0 saturated carbocycles. The molecule has 0 bridgehead atoms. The van der Waals surface area contributed by atoms with Crippen LogP contribution in [0, 0.1) is 0 Å². The van der Waals surface area contributed by atoms with Crippen molar-refractivity contribution in [1.29, 1.82) is 0 Å². The first-order valence-corrected chi connectivity index (χ1v) is 10.0. The minimum Gasteiger partial charge on any atom is -0.351 e. The van der Waals surface area contributed by atoms with Crippen LogP contribution in [0.2, 0.25) is 0 Å². The van der Waals surface area contributed by atoms with Gasteiger partial charge in [0.1, 0.15) is 11.4 Å². The van der Waals surface area contributed by atoms with Crippen LogP contribution in [0.15, 0.2) is 48.5 Å². The number of nitrogens with two attached hydrogens (primary N) is 2. The van der Waals surface area contributed by atoms with E-state index in [-0.39, 0.29) is 24.3 Å². The lowest BCUT2D eigenvalue weighted by atomic mass is 10.2. The average Bonchev–Trinajstić information content (AvgIpc) is 3.41. The highest BCUT2D eigenvalue weighted by Crippen LogP contribution is 2.23. The number of hydrogen-bond donors (Lipinski definition) is 7. The van der Waals surface area contributed by atoms with E-state index in [0.29, 0.717) is 35.9 Å². The van der Waals surface area contributed by atoms with Crippen LogP contribution in [-0.4, -0.2) is 47.3 Å².